The van der Waals surface area contributed by atoms with Crippen molar-refractivity contribution >= 4 is 0 Å². The second-order valence-corrected chi connectivity index (χ2v) is 12.2. The highest BCUT2D eigenvalue weighted by Gasteiger charge is 2.06. The van der Waals surface area contributed by atoms with Gasteiger partial charge in [0, 0.05) is 0 Å². The molecule has 0 rings (SSSR count). The van der Waals surface area contributed by atoms with Crippen molar-refractivity contribution < 1.29 is 0 Å². The molecule has 0 amide bonds. The Morgan fingerprint density at radius 3 is 1.03 bits per heavy atom. The number of unbranched alkanes of at least 4 members (excludes halogenated alkanes) is 21. The lowest BCUT2D eigenvalue weighted by Crippen LogP contribution is -1.99. The third kappa shape index (κ3) is 29.9. The smallest absolute Gasteiger partial charge is 0.0353 e. The molecule has 2 unspecified atom stereocenters. The van der Waals surface area contributed by atoms with Crippen molar-refractivity contribution in [3.05, 3.63) is 12.7 Å². The van der Waals surface area contributed by atoms with E-state index in [4.69, 9.17) is 0 Å². The van der Waals surface area contributed by atoms with Crippen LogP contribution in [0.3, 0.4) is 0 Å². The SMILES string of the molecule is C=CCCCCCCCCCCCCCCCCC(C)CCCC(C)CCCCCCCCCC. The first-order valence-electron chi connectivity index (χ1n) is 16.8. The molecule has 0 fully saturated rings. The Labute approximate surface area is 224 Å². The van der Waals surface area contributed by atoms with Crippen LogP contribution in [0.1, 0.15) is 201 Å². The minimum absolute atomic E-state index is 0.951. The Morgan fingerprint density at radius 2 is 0.686 bits per heavy atom. The maximum absolute atomic E-state index is 3.80. The molecule has 0 aromatic rings. The van der Waals surface area contributed by atoms with Crippen LogP contribution < -0.4 is 0 Å². The van der Waals surface area contributed by atoms with Gasteiger partial charge in [0.1, 0.15) is 0 Å². The third-order valence-corrected chi connectivity index (χ3v) is 8.30. The fourth-order valence-corrected chi connectivity index (χ4v) is 5.63. The lowest BCUT2D eigenvalue weighted by Gasteiger charge is -2.14. The summed E-state index contributed by atoms with van der Waals surface area (Å²) in [6.07, 6.45) is 42.6. The van der Waals surface area contributed by atoms with Crippen LogP contribution in [0.15, 0.2) is 12.7 Å². The minimum Gasteiger partial charge on any atom is -0.103 e. The summed E-state index contributed by atoms with van der Waals surface area (Å²) in [5.41, 5.74) is 0. The van der Waals surface area contributed by atoms with Crippen LogP contribution >= 0.6 is 0 Å². The van der Waals surface area contributed by atoms with E-state index in [0.717, 1.165) is 11.8 Å². The van der Waals surface area contributed by atoms with E-state index < -0.39 is 0 Å². The highest BCUT2D eigenvalue weighted by atomic mass is 14.1. The molecule has 0 aromatic carbocycles. The Balaban J connectivity index is 3.25. The number of rotatable bonds is 30. The molecule has 0 saturated heterocycles. The topological polar surface area (TPSA) is 0 Å². The Kier molecular flexibility index (Phi) is 29.7. The zero-order valence-electron chi connectivity index (χ0n) is 25.2. The molecule has 0 radical (unpaired) electrons. The standard InChI is InChI=1S/C35H70/c1-5-7-9-11-13-15-16-17-18-19-20-21-22-24-26-28-31-35(4)33-29-32-34(3)30-27-25-23-14-12-10-8-6-2/h5,34-35H,1,6-33H2,2-4H3. The van der Waals surface area contributed by atoms with Crippen LogP contribution in [-0.4, -0.2) is 0 Å². The molecule has 210 valence electrons. The van der Waals surface area contributed by atoms with E-state index in [1.54, 1.807) is 0 Å². The first kappa shape index (κ1) is 34.7. The fourth-order valence-electron chi connectivity index (χ4n) is 5.63. The summed E-state index contributed by atoms with van der Waals surface area (Å²) in [5, 5.41) is 0. The summed E-state index contributed by atoms with van der Waals surface area (Å²) in [5.74, 6) is 1.90. The highest BCUT2D eigenvalue weighted by Crippen LogP contribution is 2.22. The lowest BCUT2D eigenvalue weighted by atomic mass is 9.92. The van der Waals surface area contributed by atoms with Crippen LogP contribution in [0.25, 0.3) is 0 Å². The van der Waals surface area contributed by atoms with Crippen LogP contribution in [-0.2, 0) is 0 Å². The van der Waals surface area contributed by atoms with Crippen molar-refractivity contribution in [3.8, 4) is 0 Å². The van der Waals surface area contributed by atoms with Gasteiger partial charge in [-0.25, -0.2) is 0 Å². The van der Waals surface area contributed by atoms with Gasteiger partial charge in [0.25, 0.3) is 0 Å². The lowest BCUT2D eigenvalue weighted by molar-refractivity contribution is 0.390. The normalized spacial score (nSPS) is 13.2. The van der Waals surface area contributed by atoms with E-state index in [9.17, 15) is 0 Å². The van der Waals surface area contributed by atoms with Crippen LogP contribution in [0.2, 0.25) is 0 Å². The summed E-state index contributed by atoms with van der Waals surface area (Å²) in [6, 6.07) is 0. The average Bonchev–Trinajstić information content (AvgIpc) is 2.85. The molecule has 0 nitrogen and oxygen atoms in total. The van der Waals surface area contributed by atoms with Gasteiger partial charge in [-0.2, -0.15) is 0 Å². The molecule has 0 heterocycles. The molecule has 0 saturated carbocycles. The van der Waals surface area contributed by atoms with Crippen LogP contribution in [0, 0.1) is 11.8 Å². The van der Waals surface area contributed by atoms with Gasteiger partial charge in [0.2, 0.25) is 0 Å². The van der Waals surface area contributed by atoms with Gasteiger partial charge in [-0.3, -0.25) is 0 Å². The van der Waals surface area contributed by atoms with Gasteiger partial charge in [-0.1, -0.05) is 194 Å². The first-order valence-corrected chi connectivity index (χ1v) is 16.8. The fraction of sp³-hybridized carbons (Fsp3) is 0.943. The molecule has 2 atom stereocenters. The van der Waals surface area contributed by atoms with Gasteiger partial charge in [-0.05, 0) is 24.7 Å². The molecule has 0 bridgehead atoms. The molecule has 0 aliphatic carbocycles. The second-order valence-electron chi connectivity index (χ2n) is 12.2. The Bertz CT molecular complexity index is 383. The first-order chi connectivity index (χ1) is 17.2. The predicted molar refractivity (Wildman–Crippen MR) is 163 cm³/mol. The molecule has 0 spiro atoms. The Morgan fingerprint density at radius 1 is 0.400 bits per heavy atom. The quantitative estimate of drug-likeness (QED) is 0.0693. The van der Waals surface area contributed by atoms with Crippen molar-refractivity contribution in [3.63, 3.8) is 0 Å². The number of allylic oxidation sites excluding steroid dienone is 1. The molecule has 0 aromatic heterocycles. The number of hydrogen-bond donors (Lipinski definition) is 0. The monoisotopic (exact) mass is 491 g/mol. The maximum Gasteiger partial charge on any atom is -0.0353 e. The zero-order chi connectivity index (χ0) is 25.7. The van der Waals surface area contributed by atoms with E-state index in [-0.39, 0.29) is 0 Å². The molecule has 35 heavy (non-hydrogen) atoms. The summed E-state index contributed by atoms with van der Waals surface area (Å²) in [4.78, 5) is 0. The zero-order valence-corrected chi connectivity index (χ0v) is 25.2. The Hall–Kier alpha value is -0.260. The van der Waals surface area contributed by atoms with Gasteiger partial charge in [0.15, 0.2) is 0 Å². The molecular weight excluding hydrogens is 420 g/mol. The average molecular weight is 491 g/mol. The molecular formula is C35H70. The summed E-state index contributed by atoms with van der Waals surface area (Å²) < 4.78 is 0. The van der Waals surface area contributed by atoms with Gasteiger partial charge >= 0.3 is 0 Å². The third-order valence-electron chi connectivity index (χ3n) is 8.30. The summed E-state index contributed by atoms with van der Waals surface area (Å²) in [6.45, 7) is 11.1. The number of hydrogen-bond acceptors (Lipinski definition) is 0. The van der Waals surface area contributed by atoms with Crippen molar-refractivity contribution in [2.24, 2.45) is 11.8 Å². The predicted octanol–water partition coefficient (Wildman–Crippen LogP) is 13.4. The van der Waals surface area contributed by atoms with Crippen molar-refractivity contribution in [2.45, 2.75) is 201 Å². The minimum atomic E-state index is 0.951. The summed E-state index contributed by atoms with van der Waals surface area (Å²) in [7, 11) is 0. The van der Waals surface area contributed by atoms with E-state index in [1.807, 2.05) is 0 Å². The molecule has 0 aliphatic rings. The van der Waals surface area contributed by atoms with E-state index in [2.05, 4.69) is 33.4 Å². The maximum atomic E-state index is 3.80. The van der Waals surface area contributed by atoms with Crippen molar-refractivity contribution in [1.29, 1.82) is 0 Å². The van der Waals surface area contributed by atoms with E-state index >= 15 is 0 Å². The second kappa shape index (κ2) is 30.0. The van der Waals surface area contributed by atoms with Crippen molar-refractivity contribution in [2.75, 3.05) is 0 Å². The summed E-state index contributed by atoms with van der Waals surface area (Å²) >= 11 is 0. The highest BCUT2D eigenvalue weighted by molar-refractivity contribution is 4.65. The van der Waals surface area contributed by atoms with Gasteiger partial charge in [0.05, 0.1) is 0 Å². The van der Waals surface area contributed by atoms with Gasteiger partial charge < -0.3 is 0 Å². The van der Waals surface area contributed by atoms with Crippen LogP contribution in [0.4, 0.5) is 0 Å². The molecule has 0 aliphatic heterocycles. The van der Waals surface area contributed by atoms with Crippen LogP contribution in [0.5, 0.6) is 0 Å². The molecule has 0 heteroatoms. The van der Waals surface area contributed by atoms with Gasteiger partial charge in [-0.15, -0.1) is 6.58 Å². The van der Waals surface area contributed by atoms with Crippen molar-refractivity contribution in [1.82, 2.24) is 0 Å². The largest absolute Gasteiger partial charge is 0.103 e. The molecule has 0 N–H and O–H groups in total. The van der Waals surface area contributed by atoms with E-state index in [1.165, 1.54) is 180 Å². The van der Waals surface area contributed by atoms with E-state index in [0.29, 0.717) is 0 Å².